The molecule has 0 aliphatic rings. The maximum absolute atomic E-state index is 12.7. The summed E-state index contributed by atoms with van der Waals surface area (Å²) in [6.07, 6.45) is 5.56. The van der Waals surface area contributed by atoms with Crippen molar-refractivity contribution in [3.63, 3.8) is 0 Å². The highest BCUT2D eigenvalue weighted by molar-refractivity contribution is 6.07. The molecule has 0 amide bonds. The first kappa shape index (κ1) is 18.2. The van der Waals surface area contributed by atoms with Crippen molar-refractivity contribution in [3.8, 4) is 0 Å². The van der Waals surface area contributed by atoms with Crippen molar-refractivity contribution < 1.29 is 4.79 Å². The molecule has 2 aromatic rings. The van der Waals surface area contributed by atoms with Gasteiger partial charge in [0.1, 0.15) is 0 Å². The van der Waals surface area contributed by atoms with Gasteiger partial charge in [-0.2, -0.15) is 0 Å². The molecular weight excluding hydrogens is 292 g/mol. The summed E-state index contributed by atoms with van der Waals surface area (Å²) >= 11 is 0. The van der Waals surface area contributed by atoms with Crippen LogP contribution in [0.3, 0.4) is 0 Å². The van der Waals surface area contributed by atoms with Crippen LogP contribution in [0.1, 0.15) is 56.2 Å². The molecule has 0 heterocycles. The number of aryl methyl sites for hydroxylation is 1. The molecule has 0 saturated heterocycles. The molecular formula is C23H28O. The lowest BCUT2D eigenvalue weighted by Gasteiger charge is -2.16. The molecule has 0 aromatic heterocycles. The van der Waals surface area contributed by atoms with Gasteiger partial charge in [-0.1, -0.05) is 37.3 Å². The highest BCUT2D eigenvalue weighted by atomic mass is 16.1. The van der Waals surface area contributed by atoms with E-state index in [4.69, 9.17) is 0 Å². The number of allylic oxidation sites excluding steroid dienone is 2. The van der Waals surface area contributed by atoms with Crippen LogP contribution in [-0.2, 0) is 12.8 Å². The predicted molar refractivity (Wildman–Crippen MR) is 103 cm³/mol. The smallest absolute Gasteiger partial charge is 0.186 e. The van der Waals surface area contributed by atoms with Gasteiger partial charge < -0.3 is 0 Å². The Morgan fingerprint density at radius 1 is 0.792 bits per heavy atom. The average molecular weight is 320 g/mol. The van der Waals surface area contributed by atoms with Crippen molar-refractivity contribution in [1.29, 1.82) is 0 Å². The number of rotatable bonds is 5. The highest BCUT2D eigenvalue weighted by Crippen LogP contribution is 2.26. The molecule has 1 nitrogen and oxygen atoms in total. The van der Waals surface area contributed by atoms with Crippen molar-refractivity contribution in [2.75, 3.05) is 0 Å². The molecule has 0 aliphatic carbocycles. The van der Waals surface area contributed by atoms with Gasteiger partial charge in [0, 0.05) is 5.56 Å². The third-order valence-corrected chi connectivity index (χ3v) is 5.30. The Morgan fingerprint density at radius 3 is 1.75 bits per heavy atom. The second-order valence-corrected chi connectivity index (χ2v) is 6.64. The number of carbonyl (C=O) groups excluding carboxylic acids is 1. The molecule has 24 heavy (non-hydrogen) atoms. The molecule has 0 aliphatic heterocycles. The molecule has 0 saturated carbocycles. The molecule has 0 atom stereocenters. The van der Waals surface area contributed by atoms with Gasteiger partial charge in [-0.05, 0) is 92.5 Å². The molecule has 1 heteroatoms. The maximum atomic E-state index is 12.7. The van der Waals surface area contributed by atoms with Gasteiger partial charge >= 0.3 is 0 Å². The van der Waals surface area contributed by atoms with Crippen LogP contribution < -0.4 is 0 Å². The summed E-state index contributed by atoms with van der Waals surface area (Å²) in [7, 11) is 0. The quantitative estimate of drug-likeness (QED) is 0.504. The van der Waals surface area contributed by atoms with E-state index in [-0.39, 0.29) is 5.78 Å². The first-order valence-corrected chi connectivity index (χ1v) is 8.72. The summed E-state index contributed by atoms with van der Waals surface area (Å²) in [5.41, 5.74) is 9.41. The lowest BCUT2D eigenvalue weighted by atomic mass is 9.87. The SMILES string of the molecule is CCc1ccc(C/C=C\C(=O)c2c(C)c(C)c(C)c(C)c2C)cc1. The highest BCUT2D eigenvalue weighted by Gasteiger charge is 2.16. The summed E-state index contributed by atoms with van der Waals surface area (Å²) in [5, 5.41) is 0. The van der Waals surface area contributed by atoms with E-state index in [1.807, 2.05) is 6.08 Å². The van der Waals surface area contributed by atoms with Crippen LogP contribution in [0.4, 0.5) is 0 Å². The zero-order chi connectivity index (χ0) is 17.9. The lowest BCUT2D eigenvalue weighted by molar-refractivity contribution is 0.104. The summed E-state index contributed by atoms with van der Waals surface area (Å²) < 4.78 is 0. The number of benzene rings is 2. The van der Waals surface area contributed by atoms with Crippen LogP contribution in [0.25, 0.3) is 0 Å². The minimum atomic E-state index is 0.112. The standard InChI is InChI=1S/C23H28O/c1-7-20-11-13-21(14-12-20)9-8-10-22(24)23-18(5)16(3)15(2)17(4)19(23)6/h8,10-14H,7,9H2,1-6H3/b10-8-. The molecule has 0 radical (unpaired) electrons. The molecule has 2 aromatic carbocycles. The van der Waals surface area contributed by atoms with Crippen LogP contribution in [0.2, 0.25) is 0 Å². The molecule has 0 N–H and O–H groups in total. The Balaban J connectivity index is 2.20. The minimum absolute atomic E-state index is 0.112. The Bertz CT molecular complexity index is 748. The van der Waals surface area contributed by atoms with Crippen LogP contribution >= 0.6 is 0 Å². The van der Waals surface area contributed by atoms with Gasteiger partial charge in [0.15, 0.2) is 5.78 Å². The van der Waals surface area contributed by atoms with Gasteiger partial charge in [0.25, 0.3) is 0 Å². The monoisotopic (exact) mass is 320 g/mol. The molecule has 2 rings (SSSR count). The second-order valence-electron chi connectivity index (χ2n) is 6.64. The number of ketones is 1. The fourth-order valence-electron chi connectivity index (χ4n) is 3.17. The normalized spacial score (nSPS) is 11.2. The Kier molecular flexibility index (Phi) is 5.77. The fourth-order valence-corrected chi connectivity index (χ4v) is 3.17. The van der Waals surface area contributed by atoms with E-state index >= 15 is 0 Å². The van der Waals surface area contributed by atoms with Crippen LogP contribution in [0.15, 0.2) is 36.4 Å². The van der Waals surface area contributed by atoms with E-state index in [1.54, 1.807) is 6.08 Å². The molecule has 0 bridgehead atoms. The summed E-state index contributed by atoms with van der Waals surface area (Å²) in [5.74, 6) is 0.112. The fraction of sp³-hybridized carbons (Fsp3) is 0.348. The zero-order valence-corrected chi connectivity index (χ0v) is 15.8. The van der Waals surface area contributed by atoms with E-state index in [2.05, 4.69) is 65.8 Å². The molecule has 0 unspecified atom stereocenters. The topological polar surface area (TPSA) is 17.1 Å². The van der Waals surface area contributed by atoms with Crippen LogP contribution in [-0.4, -0.2) is 5.78 Å². The first-order chi connectivity index (χ1) is 11.4. The Labute approximate surface area is 146 Å². The van der Waals surface area contributed by atoms with Gasteiger partial charge in [0.2, 0.25) is 0 Å². The summed E-state index contributed by atoms with van der Waals surface area (Å²) in [4.78, 5) is 12.7. The minimum Gasteiger partial charge on any atom is -0.289 e. The van der Waals surface area contributed by atoms with Gasteiger partial charge in [-0.15, -0.1) is 0 Å². The van der Waals surface area contributed by atoms with Gasteiger partial charge in [0.05, 0.1) is 0 Å². The number of carbonyl (C=O) groups is 1. The Morgan fingerprint density at radius 2 is 1.25 bits per heavy atom. The third-order valence-electron chi connectivity index (χ3n) is 5.30. The average Bonchev–Trinajstić information content (AvgIpc) is 2.59. The largest absolute Gasteiger partial charge is 0.289 e. The van der Waals surface area contributed by atoms with Crippen molar-refractivity contribution in [2.45, 2.75) is 54.4 Å². The van der Waals surface area contributed by atoms with Crippen LogP contribution in [0.5, 0.6) is 0 Å². The number of hydrogen-bond acceptors (Lipinski definition) is 1. The molecule has 0 spiro atoms. The predicted octanol–water partition coefficient (Wildman–Crippen LogP) is 5.77. The molecule has 126 valence electrons. The van der Waals surface area contributed by atoms with Gasteiger partial charge in [-0.3, -0.25) is 4.79 Å². The van der Waals surface area contributed by atoms with Crippen molar-refractivity contribution in [3.05, 3.63) is 80.9 Å². The third kappa shape index (κ3) is 3.67. The van der Waals surface area contributed by atoms with Crippen molar-refractivity contribution in [2.24, 2.45) is 0 Å². The van der Waals surface area contributed by atoms with E-state index in [9.17, 15) is 4.79 Å². The maximum Gasteiger partial charge on any atom is 0.186 e. The van der Waals surface area contributed by atoms with Crippen LogP contribution in [0, 0.1) is 34.6 Å². The van der Waals surface area contributed by atoms with E-state index in [0.717, 1.165) is 29.5 Å². The van der Waals surface area contributed by atoms with E-state index < -0.39 is 0 Å². The van der Waals surface area contributed by atoms with Gasteiger partial charge in [-0.25, -0.2) is 0 Å². The Hall–Kier alpha value is -2.15. The zero-order valence-electron chi connectivity index (χ0n) is 15.8. The van der Waals surface area contributed by atoms with Crippen molar-refractivity contribution in [1.82, 2.24) is 0 Å². The summed E-state index contributed by atoms with van der Waals surface area (Å²) in [6, 6.07) is 8.60. The summed E-state index contributed by atoms with van der Waals surface area (Å²) in [6.45, 7) is 12.6. The van der Waals surface area contributed by atoms with E-state index in [0.29, 0.717) is 0 Å². The second kappa shape index (κ2) is 7.61. The van der Waals surface area contributed by atoms with Crippen molar-refractivity contribution >= 4 is 5.78 Å². The number of hydrogen-bond donors (Lipinski definition) is 0. The lowest BCUT2D eigenvalue weighted by Crippen LogP contribution is -2.07. The van der Waals surface area contributed by atoms with E-state index in [1.165, 1.54) is 27.8 Å². The first-order valence-electron chi connectivity index (χ1n) is 8.72. The molecule has 0 fully saturated rings.